The van der Waals surface area contributed by atoms with Gasteiger partial charge in [0.1, 0.15) is 11.8 Å². The standard InChI is InChI=1S/C23H23ClN2O4S/c1-29-17-6-13(7-17)12-30-21-10-19(24)16(11-25)8-20(21)26-31-22-9-15(23(27)28)4-5-18(22)14-2-3-14/h4-5,8-10,13-14,17,26H,2-3,6-7,12H2,1H3,(H,27,28). The lowest BCUT2D eigenvalue weighted by Crippen LogP contribution is -2.34. The Balaban J connectivity index is 1.53. The highest BCUT2D eigenvalue weighted by Gasteiger charge is 2.30. The van der Waals surface area contributed by atoms with E-state index in [0.29, 0.717) is 46.6 Å². The molecule has 2 aromatic rings. The molecule has 0 aromatic heterocycles. The molecule has 0 heterocycles. The second-order valence-corrected chi connectivity index (χ2v) is 9.24. The second-order valence-electron chi connectivity index (χ2n) is 7.98. The summed E-state index contributed by atoms with van der Waals surface area (Å²) in [7, 11) is 1.72. The van der Waals surface area contributed by atoms with Crippen molar-refractivity contribution < 1.29 is 19.4 Å². The molecular weight excluding hydrogens is 436 g/mol. The van der Waals surface area contributed by atoms with E-state index in [2.05, 4.69) is 10.8 Å². The Morgan fingerprint density at radius 3 is 2.74 bits per heavy atom. The zero-order valence-electron chi connectivity index (χ0n) is 17.1. The van der Waals surface area contributed by atoms with Crippen molar-refractivity contribution in [3.8, 4) is 11.8 Å². The Bertz CT molecular complexity index is 1030. The van der Waals surface area contributed by atoms with Gasteiger partial charge in [0.25, 0.3) is 0 Å². The lowest BCUT2D eigenvalue weighted by molar-refractivity contribution is -0.0140. The number of nitrogens with zero attached hydrogens (tertiary/aromatic N) is 1. The number of carboxylic acid groups (broad SMARTS) is 1. The van der Waals surface area contributed by atoms with Crippen LogP contribution < -0.4 is 9.46 Å². The summed E-state index contributed by atoms with van der Waals surface area (Å²) in [6.45, 7) is 0.545. The fourth-order valence-electron chi connectivity index (χ4n) is 3.65. The number of rotatable bonds is 9. The molecule has 0 bridgehead atoms. The Labute approximate surface area is 190 Å². The maximum absolute atomic E-state index is 11.4. The van der Waals surface area contributed by atoms with Crippen LogP contribution in [0.5, 0.6) is 5.75 Å². The predicted octanol–water partition coefficient (Wildman–Crippen LogP) is 5.71. The molecule has 0 aliphatic heterocycles. The topological polar surface area (TPSA) is 91.6 Å². The average molecular weight is 459 g/mol. The summed E-state index contributed by atoms with van der Waals surface area (Å²) in [5, 5.41) is 19.1. The summed E-state index contributed by atoms with van der Waals surface area (Å²) in [6.07, 6.45) is 4.44. The first-order chi connectivity index (χ1) is 15.0. The first-order valence-corrected chi connectivity index (χ1v) is 11.4. The van der Waals surface area contributed by atoms with Crippen molar-refractivity contribution in [2.75, 3.05) is 18.4 Å². The summed E-state index contributed by atoms with van der Waals surface area (Å²) in [5.74, 6) is 0.504. The molecule has 162 valence electrons. The second kappa shape index (κ2) is 9.39. The van der Waals surface area contributed by atoms with Gasteiger partial charge < -0.3 is 19.3 Å². The minimum absolute atomic E-state index is 0.247. The van der Waals surface area contributed by atoms with Crippen LogP contribution in [0.4, 0.5) is 5.69 Å². The van der Waals surface area contributed by atoms with E-state index < -0.39 is 5.97 Å². The van der Waals surface area contributed by atoms with E-state index in [9.17, 15) is 15.2 Å². The van der Waals surface area contributed by atoms with Crippen molar-refractivity contribution >= 4 is 35.2 Å². The van der Waals surface area contributed by atoms with Crippen molar-refractivity contribution in [1.82, 2.24) is 0 Å². The summed E-state index contributed by atoms with van der Waals surface area (Å²) in [4.78, 5) is 12.3. The minimum atomic E-state index is -0.957. The number of nitriles is 1. The van der Waals surface area contributed by atoms with Crippen LogP contribution in [0.25, 0.3) is 0 Å². The van der Waals surface area contributed by atoms with Crippen molar-refractivity contribution in [2.24, 2.45) is 5.92 Å². The Morgan fingerprint density at radius 1 is 1.32 bits per heavy atom. The number of hydrogen-bond acceptors (Lipinski definition) is 6. The molecule has 0 saturated heterocycles. The molecule has 31 heavy (non-hydrogen) atoms. The SMILES string of the molecule is COC1CC(COc2cc(Cl)c(C#N)cc2NSc2cc(C(=O)O)ccc2C2CC2)C1. The first kappa shape index (κ1) is 21.8. The molecule has 2 N–H and O–H groups in total. The van der Waals surface area contributed by atoms with Gasteiger partial charge in [0.05, 0.1) is 34.5 Å². The van der Waals surface area contributed by atoms with Crippen LogP contribution in [0.3, 0.4) is 0 Å². The molecule has 0 spiro atoms. The van der Waals surface area contributed by atoms with Gasteiger partial charge in [0, 0.05) is 18.1 Å². The average Bonchev–Trinajstić information content (AvgIpc) is 3.57. The Hall–Kier alpha value is -2.40. The number of carbonyl (C=O) groups is 1. The molecule has 2 aliphatic carbocycles. The third-order valence-electron chi connectivity index (χ3n) is 5.74. The number of hydrogen-bond donors (Lipinski definition) is 2. The van der Waals surface area contributed by atoms with Crippen LogP contribution in [-0.2, 0) is 4.74 Å². The number of aromatic carboxylic acids is 1. The first-order valence-electron chi connectivity index (χ1n) is 10.2. The number of ether oxygens (including phenoxy) is 2. The zero-order chi connectivity index (χ0) is 22.0. The summed E-state index contributed by atoms with van der Waals surface area (Å²) < 4.78 is 14.6. The van der Waals surface area contributed by atoms with Crippen LogP contribution in [0.15, 0.2) is 35.2 Å². The molecule has 6 nitrogen and oxygen atoms in total. The highest BCUT2D eigenvalue weighted by molar-refractivity contribution is 8.00. The van der Waals surface area contributed by atoms with Crippen LogP contribution in [0, 0.1) is 17.2 Å². The Morgan fingerprint density at radius 2 is 2.10 bits per heavy atom. The van der Waals surface area contributed by atoms with Crippen LogP contribution >= 0.6 is 23.5 Å². The van der Waals surface area contributed by atoms with Crippen molar-refractivity contribution in [1.29, 1.82) is 5.26 Å². The van der Waals surface area contributed by atoms with Crippen LogP contribution in [-0.4, -0.2) is 30.9 Å². The fourth-order valence-corrected chi connectivity index (χ4v) is 4.76. The van der Waals surface area contributed by atoms with Crippen molar-refractivity contribution in [3.05, 3.63) is 52.0 Å². The molecule has 0 unspecified atom stereocenters. The zero-order valence-corrected chi connectivity index (χ0v) is 18.6. The molecule has 4 rings (SSSR count). The molecule has 2 saturated carbocycles. The highest BCUT2D eigenvalue weighted by Crippen LogP contribution is 2.45. The number of anilines is 1. The predicted molar refractivity (Wildman–Crippen MR) is 120 cm³/mol. The molecule has 8 heteroatoms. The fraction of sp³-hybridized carbons (Fsp3) is 0.391. The quantitative estimate of drug-likeness (QED) is 0.465. The number of carboxylic acids is 1. The lowest BCUT2D eigenvalue weighted by Gasteiger charge is -2.33. The van der Waals surface area contributed by atoms with Gasteiger partial charge in [0.15, 0.2) is 0 Å². The van der Waals surface area contributed by atoms with E-state index in [1.54, 1.807) is 31.4 Å². The van der Waals surface area contributed by atoms with E-state index in [1.807, 2.05) is 6.07 Å². The summed E-state index contributed by atoms with van der Waals surface area (Å²) in [5.41, 5.74) is 2.37. The van der Waals surface area contributed by atoms with E-state index in [0.717, 1.165) is 36.1 Å². The molecule has 0 amide bonds. The van der Waals surface area contributed by atoms with Crippen molar-refractivity contribution in [3.63, 3.8) is 0 Å². The molecule has 0 atom stereocenters. The van der Waals surface area contributed by atoms with E-state index in [4.69, 9.17) is 21.1 Å². The van der Waals surface area contributed by atoms with E-state index >= 15 is 0 Å². The number of methoxy groups -OCH3 is 1. The monoisotopic (exact) mass is 458 g/mol. The minimum Gasteiger partial charge on any atom is -0.491 e. The molecule has 2 fully saturated rings. The molecular formula is C23H23ClN2O4S. The third-order valence-corrected chi connectivity index (χ3v) is 6.95. The van der Waals surface area contributed by atoms with Gasteiger partial charge in [-0.2, -0.15) is 5.26 Å². The maximum Gasteiger partial charge on any atom is 0.335 e. The normalized spacial score (nSPS) is 19.9. The maximum atomic E-state index is 11.4. The van der Waals surface area contributed by atoms with Gasteiger partial charge in [-0.15, -0.1) is 0 Å². The van der Waals surface area contributed by atoms with Crippen molar-refractivity contribution in [2.45, 2.75) is 42.6 Å². The molecule has 0 radical (unpaired) electrons. The number of benzene rings is 2. The van der Waals surface area contributed by atoms with Gasteiger partial charge in [-0.25, -0.2) is 4.79 Å². The third kappa shape index (κ3) is 5.09. The van der Waals surface area contributed by atoms with E-state index in [1.165, 1.54) is 11.9 Å². The van der Waals surface area contributed by atoms with Gasteiger partial charge in [0.2, 0.25) is 0 Å². The van der Waals surface area contributed by atoms with E-state index in [-0.39, 0.29) is 5.56 Å². The smallest absolute Gasteiger partial charge is 0.335 e. The largest absolute Gasteiger partial charge is 0.491 e. The van der Waals surface area contributed by atoms with Crippen LogP contribution in [0.1, 0.15) is 53.1 Å². The lowest BCUT2D eigenvalue weighted by atomic mass is 9.83. The number of nitrogens with one attached hydrogen (secondary N) is 1. The summed E-state index contributed by atoms with van der Waals surface area (Å²) in [6, 6.07) is 10.7. The van der Waals surface area contributed by atoms with Gasteiger partial charge in [-0.05, 0) is 73.2 Å². The highest BCUT2D eigenvalue weighted by atomic mass is 35.5. The van der Waals surface area contributed by atoms with Gasteiger partial charge in [-0.3, -0.25) is 0 Å². The van der Waals surface area contributed by atoms with Gasteiger partial charge in [-0.1, -0.05) is 17.7 Å². The number of halogens is 1. The summed E-state index contributed by atoms with van der Waals surface area (Å²) >= 11 is 7.57. The molecule has 2 aromatic carbocycles. The molecule has 2 aliphatic rings. The van der Waals surface area contributed by atoms with Gasteiger partial charge >= 0.3 is 5.97 Å². The van der Waals surface area contributed by atoms with Crippen LogP contribution in [0.2, 0.25) is 5.02 Å². The Kier molecular flexibility index (Phi) is 6.61.